The van der Waals surface area contributed by atoms with Gasteiger partial charge < -0.3 is 9.67 Å². The maximum Gasteiger partial charge on any atom is 0.306 e. The van der Waals surface area contributed by atoms with E-state index in [2.05, 4.69) is 4.98 Å². The predicted molar refractivity (Wildman–Crippen MR) is 61.2 cm³/mol. The monoisotopic (exact) mass is 236 g/mol. The van der Waals surface area contributed by atoms with Crippen LogP contribution in [0.4, 0.5) is 4.39 Å². The van der Waals surface area contributed by atoms with Crippen molar-refractivity contribution in [2.75, 3.05) is 0 Å². The number of aromatic nitrogens is 2. The van der Waals surface area contributed by atoms with Crippen molar-refractivity contribution in [2.45, 2.75) is 13.3 Å². The molecule has 2 aromatic rings. The van der Waals surface area contributed by atoms with Crippen LogP contribution >= 0.6 is 0 Å². The Balaban J connectivity index is 2.42. The third-order valence-corrected chi connectivity index (χ3v) is 2.87. The number of aryl methyl sites for hydroxylation is 1. The van der Waals surface area contributed by atoms with Crippen molar-refractivity contribution in [3.63, 3.8) is 0 Å². The van der Waals surface area contributed by atoms with E-state index in [-0.39, 0.29) is 5.82 Å². The number of aliphatic carboxylic acids is 1. The van der Waals surface area contributed by atoms with Crippen molar-refractivity contribution in [3.05, 3.63) is 29.8 Å². The van der Waals surface area contributed by atoms with Gasteiger partial charge in [-0.15, -0.1) is 0 Å². The standard InChI is InChI=1S/C12H13FN2O2/c1-7(12(16)17)3-10-5-8-4-9(13)6-14-11(8)15(10)2/h4-7H,3H2,1-2H3,(H,16,17). The number of carboxylic acid groups (broad SMARTS) is 1. The Morgan fingerprint density at radius 3 is 2.94 bits per heavy atom. The fourth-order valence-corrected chi connectivity index (χ4v) is 1.84. The van der Waals surface area contributed by atoms with Gasteiger partial charge in [-0.1, -0.05) is 6.92 Å². The molecule has 0 radical (unpaired) electrons. The van der Waals surface area contributed by atoms with Crippen molar-refractivity contribution in [1.82, 2.24) is 9.55 Å². The van der Waals surface area contributed by atoms with Gasteiger partial charge in [-0.3, -0.25) is 4.79 Å². The van der Waals surface area contributed by atoms with Crippen molar-refractivity contribution < 1.29 is 14.3 Å². The molecule has 17 heavy (non-hydrogen) atoms. The molecule has 0 amide bonds. The van der Waals surface area contributed by atoms with E-state index in [4.69, 9.17) is 5.11 Å². The molecule has 90 valence electrons. The van der Waals surface area contributed by atoms with Gasteiger partial charge in [0.25, 0.3) is 0 Å². The van der Waals surface area contributed by atoms with E-state index in [0.717, 1.165) is 11.9 Å². The van der Waals surface area contributed by atoms with Crippen LogP contribution in [0.2, 0.25) is 0 Å². The molecular weight excluding hydrogens is 223 g/mol. The van der Waals surface area contributed by atoms with E-state index in [1.54, 1.807) is 24.6 Å². The summed E-state index contributed by atoms with van der Waals surface area (Å²) in [7, 11) is 1.80. The molecule has 0 aromatic carbocycles. The minimum Gasteiger partial charge on any atom is -0.481 e. The number of fused-ring (bicyclic) bond motifs is 1. The molecule has 2 heterocycles. The zero-order valence-corrected chi connectivity index (χ0v) is 9.64. The van der Waals surface area contributed by atoms with Gasteiger partial charge in [-0.05, 0) is 12.1 Å². The lowest BCUT2D eigenvalue weighted by atomic mass is 10.1. The molecule has 0 aliphatic carbocycles. The van der Waals surface area contributed by atoms with Crippen LogP contribution in [-0.2, 0) is 18.3 Å². The van der Waals surface area contributed by atoms with Crippen LogP contribution in [0.15, 0.2) is 18.3 Å². The molecule has 4 nitrogen and oxygen atoms in total. The number of carbonyl (C=O) groups is 1. The Labute approximate surface area is 97.7 Å². The highest BCUT2D eigenvalue weighted by Crippen LogP contribution is 2.19. The maximum absolute atomic E-state index is 13.0. The highest BCUT2D eigenvalue weighted by molar-refractivity contribution is 5.78. The SMILES string of the molecule is CC(Cc1cc2cc(F)cnc2n1C)C(=O)O. The Hall–Kier alpha value is -1.91. The maximum atomic E-state index is 13.0. The van der Waals surface area contributed by atoms with E-state index in [9.17, 15) is 9.18 Å². The van der Waals surface area contributed by atoms with E-state index in [1.807, 2.05) is 0 Å². The van der Waals surface area contributed by atoms with E-state index in [1.165, 1.54) is 6.07 Å². The lowest BCUT2D eigenvalue weighted by Gasteiger charge is -2.07. The Bertz CT molecular complexity index is 577. The van der Waals surface area contributed by atoms with Gasteiger partial charge in [0, 0.05) is 24.5 Å². The number of halogens is 1. The van der Waals surface area contributed by atoms with E-state index >= 15 is 0 Å². The van der Waals surface area contributed by atoms with Crippen molar-refractivity contribution in [3.8, 4) is 0 Å². The van der Waals surface area contributed by atoms with Crippen molar-refractivity contribution in [2.24, 2.45) is 13.0 Å². The summed E-state index contributed by atoms with van der Waals surface area (Å²) >= 11 is 0. The molecule has 0 fully saturated rings. The van der Waals surface area contributed by atoms with Gasteiger partial charge in [0.15, 0.2) is 0 Å². The van der Waals surface area contributed by atoms with Gasteiger partial charge in [-0.25, -0.2) is 9.37 Å². The zero-order chi connectivity index (χ0) is 12.6. The van der Waals surface area contributed by atoms with Gasteiger partial charge in [0.1, 0.15) is 11.5 Å². The zero-order valence-electron chi connectivity index (χ0n) is 9.64. The number of hydrogen-bond donors (Lipinski definition) is 1. The number of pyridine rings is 1. The second-order valence-electron chi connectivity index (χ2n) is 4.20. The normalized spacial score (nSPS) is 12.9. The minimum atomic E-state index is -0.839. The predicted octanol–water partition coefficient (Wildman–Crippen LogP) is 1.98. The number of hydrogen-bond acceptors (Lipinski definition) is 2. The van der Waals surface area contributed by atoms with Crippen molar-refractivity contribution in [1.29, 1.82) is 0 Å². The van der Waals surface area contributed by atoms with Gasteiger partial charge in [-0.2, -0.15) is 0 Å². The highest BCUT2D eigenvalue weighted by atomic mass is 19.1. The average molecular weight is 236 g/mol. The Morgan fingerprint density at radius 2 is 2.29 bits per heavy atom. The smallest absolute Gasteiger partial charge is 0.306 e. The summed E-state index contributed by atoms with van der Waals surface area (Å²) in [4.78, 5) is 14.8. The molecule has 0 aliphatic heterocycles. The van der Waals surface area contributed by atoms with Crippen LogP contribution < -0.4 is 0 Å². The summed E-state index contributed by atoms with van der Waals surface area (Å²) in [6.45, 7) is 1.65. The third-order valence-electron chi connectivity index (χ3n) is 2.87. The molecule has 0 bridgehead atoms. The Morgan fingerprint density at radius 1 is 1.59 bits per heavy atom. The minimum absolute atomic E-state index is 0.388. The number of nitrogens with zero attached hydrogens (tertiary/aromatic N) is 2. The van der Waals surface area contributed by atoms with Gasteiger partial charge in [0.2, 0.25) is 0 Å². The lowest BCUT2D eigenvalue weighted by molar-refractivity contribution is -0.141. The van der Waals surface area contributed by atoms with E-state index < -0.39 is 11.9 Å². The summed E-state index contributed by atoms with van der Waals surface area (Å²) in [6.07, 6.45) is 1.57. The summed E-state index contributed by atoms with van der Waals surface area (Å²) in [6, 6.07) is 3.18. The van der Waals surface area contributed by atoms with Crippen LogP contribution in [0.3, 0.4) is 0 Å². The second kappa shape index (κ2) is 4.16. The summed E-state index contributed by atoms with van der Waals surface area (Å²) in [5.74, 6) is -1.70. The summed E-state index contributed by atoms with van der Waals surface area (Å²) in [5, 5.41) is 9.56. The first-order valence-corrected chi connectivity index (χ1v) is 5.31. The highest BCUT2D eigenvalue weighted by Gasteiger charge is 2.15. The molecule has 0 aliphatic rings. The topological polar surface area (TPSA) is 55.1 Å². The molecule has 2 aromatic heterocycles. The molecule has 0 saturated carbocycles. The van der Waals surface area contributed by atoms with Gasteiger partial charge in [0.05, 0.1) is 12.1 Å². The largest absolute Gasteiger partial charge is 0.481 e. The lowest BCUT2D eigenvalue weighted by Crippen LogP contribution is -2.14. The Kier molecular flexibility index (Phi) is 2.83. The fraction of sp³-hybridized carbons (Fsp3) is 0.333. The van der Waals surface area contributed by atoms with Crippen LogP contribution in [0.1, 0.15) is 12.6 Å². The van der Waals surface area contributed by atoms with Crippen LogP contribution in [0.5, 0.6) is 0 Å². The second-order valence-corrected chi connectivity index (χ2v) is 4.20. The van der Waals surface area contributed by atoms with Gasteiger partial charge >= 0.3 is 5.97 Å². The molecular formula is C12H13FN2O2. The third kappa shape index (κ3) is 2.13. The average Bonchev–Trinajstić information content (AvgIpc) is 2.55. The molecule has 1 atom stereocenters. The number of carboxylic acids is 1. The molecule has 5 heteroatoms. The number of rotatable bonds is 3. The fourth-order valence-electron chi connectivity index (χ4n) is 1.84. The van der Waals surface area contributed by atoms with Crippen LogP contribution in [0.25, 0.3) is 11.0 Å². The summed E-state index contributed by atoms with van der Waals surface area (Å²) < 4.78 is 14.8. The first-order valence-electron chi connectivity index (χ1n) is 5.31. The first-order chi connectivity index (χ1) is 7.99. The molecule has 1 unspecified atom stereocenters. The first kappa shape index (κ1) is 11.6. The van der Waals surface area contributed by atoms with Crippen LogP contribution in [-0.4, -0.2) is 20.6 Å². The quantitative estimate of drug-likeness (QED) is 0.886. The molecule has 2 rings (SSSR count). The van der Waals surface area contributed by atoms with E-state index in [0.29, 0.717) is 17.5 Å². The molecule has 0 saturated heterocycles. The molecule has 0 spiro atoms. The molecule has 1 N–H and O–H groups in total. The summed E-state index contributed by atoms with van der Waals surface area (Å²) in [5.41, 5.74) is 1.51. The van der Waals surface area contributed by atoms with Crippen LogP contribution in [0, 0.1) is 11.7 Å². The van der Waals surface area contributed by atoms with Crippen molar-refractivity contribution >= 4 is 17.0 Å².